The van der Waals surface area contributed by atoms with Crippen LogP contribution in [0, 0.1) is 0 Å². The first-order valence-electron chi connectivity index (χ1n) is 7.05. The second-order valence-electron chi connectivity index (χ2n) is 5.33. The van der Waals surface area contributed by atoms with Crippen molar-refractivity contribution >= 4 is 16.9 Å². The third-order valence-electron chi connectivity index (χ3n) is 3.86. The molecule has 106 valence electrons. The van der Waals surface area contributed by atoms with Crippen LogP contribution in [0.4, 0.5) is 0 Å². The van der Waals surface area contributed by atoms with Crippen molar-refractivity contribution in [2.45, 2.75) is 44.2 Å². The fraction of sp³-hybridized carbons (Fsp3) is 0.467. The van der Waals surface area contributed by atoms with Crippen molar-refractivity contribution in [3.63, 3.8) is 0 Å². The number of aromatic nitrogens is 1. The Hall–Kier alpha value is -1.88. The van der Waals surface area contributed by atoms with Gasteiger partial charge < -0.3 is 14.9 Å². The molecule has 0 saturated heterocycles. The second kappa shape index (κ2) is 5.63. The van der Waals surface area contributed by atoms with Crippen LogP contribution in [-0.4, -0.2) is 28.3 Å². The van der Waals surface area contributed by atoms with Gasteiger partial charge in [0.1, 0.15) is 5.69 Å². The molecule has 5 heteroatoms. The van der Waals surface area contributed by atoms with E-state index in [2.05, 4.69) is 10.5 Å². The van der Waals surface area contributed by atoms with E-state index in [1.807, 2.05) is 24.3 Å². The molecular weight excluding hydrogens is 256 g/mol. The smallest absolute Gasteiger partial charge is 0.226 e. The standard InChI is InChI=1S/C15H18N2O3/c18-13-7-3-2-6-11(13)16-15(19)9-12-10-5-1-4-8-14(10)20-17-12/h1,4-5,8,11,13,18H,2-3,6-7,9H2,(H,16,19). The lowest BCUT2D eigenvalue weighted by Gasteiger charge is -2.28. The molecule has 2 atom stereocenters. The van der Waals surface area contributed by atoms with Gasteiger partial charge in [0.15, 0.2) is 5.58 Å². The summed E-state index contributed by atoms with van der Waals surface area (Å²) in [6.07, 6.45) is 3.43. The number of nitrogens with one attached hydrogen (secondary N) is 1. The highest BCUT2D eigenvalue weighted by atomic mass is 16.5. The molecule has 1 aliphatic rings. The molecule has 1 aromatic heterocycles. The Morgan fingerprint density at radius 2 is 2.15 bits per heavy atom. The highest BCUT2D eigenvalue weighted by Crippen LogP contribution is 2.20. The van der Waals surface area contributed by atoms with Crippen LogP contribution in [0.2, 0.25) is 0 Å². The van der Waals surface area contributed by atoms with E-state index in [0.29, 0.717) is 11.3 Å². The summed E-state index contributed by atoms with van der Waals surface area (Å²) in [4.78, 5) is 12.1. The molecule has 1 fully saturated rings. The van der Waals surface area contributed by atoms with Gasteiger partial charge in [-0.15, -0.1) is 0 Å². The van der Waals surface area contributed by atoms with Gasteiger partial charge >= 0.3 is 0 Å². The molecule has 3 rings (SSSR count). The SMILES string of the molecule is O=C(Cc1noc2ccccc12)NC1CCCCC1O. The van der Waals surface area contributed by atoms with Gasteiger partial charge in [-0.05, 0) is 25.0 Å². The lowest BCUT2D eigenvalue weighted by molar-refractivity contribution is -0.122. The Kier molecular flexibility index (Phi) is 3.69. The third-order valence-corrected chi connectivity index (χ3v) is 3.86. The summed E-state index contributed by atoms with van der Waals surface area (Å²) in [6.45, 7) is 0. The molecule has 0 radical (unpaired) electrons. The molecule has 20 heavy (non-hydrogen) atoms. The average molecular weight is 274 g/mol. The predicted molar refractivity (Wildman–Crippen MR) is 74.1 cm³/mol. The fourth-order valence-corrected chi connectivity index (χ4v) is 2.76. The van der Waals surface area contributed by atoms with Crippen molar-refractivity contribution in [2.24, 2.45) is 0 Å². The summed E-state index contributed by atoms with van der Waals surface area (Å²) < 4.78 is 5.18. The van der Waals surface area contributed by atoms with Gasteiger partial charge in [0.2, 0.25) is 5.91 Å². The first-order valence-corrected chi connectivity index (χ1v) is 7.05. The number of carbonyl (C=O) groups is 1. The van der Waals surface area contributed by atoms with Gasteiger partial charge in [-0.3, -0.25) is 4.79 Å². The number of rotatable bonds is 3. The van der Waals surface area contributed by atoms with Crippen LogP contribution < -0.4 is 5.32 Å². The van der Waals surface area contributed by atoms with Crippen LogP contribution >= 0.6 is 0 Å². The highest BCUT2D eigenvalue weighted by molar-refractivity contribution is 5.86. The van der Waals surface area contributed by atoms with Crippen LogP contribution in [0.25, 0.3) is 11.0 Å². The molecule has 1 aromatic carbocycles. The van der Waals surface area contributed by atoms with Gasteiger partial charge in [0.05, 0.1) is 18.6 Å². The average Bonchev–Trinajstić information content (AvgIpc) is 2.85. The number of aliphatic hydroxyl groups is 1. The number of hydrogen-bond donors (Lipinski definition) is 2. The van der Waals surface area contributed by atoms with Gasteiger partial charge in [0.25, 0.3) is 0 Å². The van der Waals surface area contributed by atoms with Crippen molar-refractivity contribution in [2.75, 3.05) is 0 Å². The molecule has 1 saturated carbocycles. The maximum Gasteiger partial charge on any atom is 0.226 e. The molecule has 1 amide bonds. The van der Waals surface area contributed by atoms with Gasteiger partial charge in [-0.25, -0.2) is 0 Å². The summed E-state index contributed by atoms with van der Waals surface area (Å²) in [6, 6.07) is 7.36. The molecule has 1 aliphatic carbocycles. The molecule has 2 aromatic rings. The largest absolute Gasteiger partial charge is 0.391 e. The number of nitrogens with zero attached hydrogens (tertiary/aromatic N) is 1. The lowest BCUT2D eigenvalue weighted by atomic mass is 9.92. The van der Waals surface area contributed by atoms with Crippen molar-refractivity contribution in [3.8, 4) is 0 Å². The summed E-state index contributed by atoms with van der Waals surface area (Å²) in [7, 11) is 0. The Balaban J connectivity index is 1.66. The summed E-state index contributed by atoms with van der Waals surface area (Å²) in [5, 5.41) is 17.6. The van der Waals surface area contributed by atoms with Crippen molar-refractivity contribution in [1.29, 1.82) is 0 Å². The van der Waals surface area contributed by atoms with Crippen LogP contribution in [0.15, 0.2) is 28.8 Å². The van der Waals surface area contributed by atoms with Crippen molar-refractivity contribution in [3.05, 3.63) is 30.0 Å². The third kappa shape index (κ3) is 2.67. The van der Waals surface area contributed by atoms with Gasteiger partial charge in [-0.2, -0.15) is 0 Å². The van der Waals surface area contributed by atoms with Crippen molar-refractivity contribution in [1.82, 2.24) is 10.5 Å². The Labute approximate surface area is 116 Å². The van der Waals surface area contributed by atoms with E-state index in [-0.39, 0.29) is 18.4 Å². The zero-order valence-corrected chi connectivity index (χ0v) is 11.2. The zero-order valence-electron chi connectivity index (χ0n) is 11.2. The number of aliphatic hydroxyl groups excluding tert-OH is 1. The Morgan fingerprint density at radius 1 is 1.35 bits per heavy atom. The van der Waals surface area contributed by atoms with Crippen LogP contribution in [0.3, 0.4) is 0 Å². The predicted octanol–water partition coefficient (Wildman–Crippen LogP) is 1.79. The van der Waals surface area contributed by atoms with E-state index in [1.165, 1.54) is 0 Å². The number of amides is 1. The molecule has 5 nitrogen and oxygen atoms in total. The van der Waals surface area contributed by atoms with E-state index >= 15 is 0 Å². The number of hydrogen-bond acceptors (Lipinski definition) is 4. The van der Waals surface area contributed by atoms with Crippen LogP contribution in [0.1, 0.15) is 31.4 Å². The van der Waals surface area contributed by atoms with E-state index < -0.39 is 6.10 Å². The minimum absolute atomic E-state index is 0.116. The number of benzene rings is 1. The zero-order chi connectivity index (χ0) is 13.9. The molecule has 2 N–H and O–H groups in total. The van der Waals surface area contributed by atoms with E-state index in [0.717, 1.165) is 31.1 Å². The minimum atomic E-state index is -0.429. The van der Waals surface area contributed by atoms with Crippen LogP contribution in [-0.2, 0) is 11.2 Å². The highest BCUT2D eigenvalue weighted by Gasteiger charge is 2.25. The summed E-state index contributed by atoms with van der Waals surface area (Å²) in [5.74, 6) is -0.116. The molecule has 2 unspecified atom stereocenters. The normalized spacial score (nSPS) is 22.9. The quantitative estimate of drug-likeness (QED) is 0.894. The monoisotopic (exact) mass is 274 g/mol. The molecule has 1 heterocycles. The maximum atomic E-state index is 12.1. The second-order valence-corrected chi connectivity index (χ2v) is 5.33. The summed E-state index contributed by atoms with van der Waals surface area (Å²) >= 11 is 0. The van der Waals surface area contributed by atoms with Crippen LogP contribution in [0.5, 0.6) is 0 Å². The van der Waals surface area contributed by atoms with Gasteiger partial charge in [-0.1, -0.05) is 30.1 Å². The molecular formula is C15H18N2O3. The fourth-order valence-electron chi connectivity index (χ4n) is 2.76. The lowest BCUT2D eigenvalue weighted by Crippen LogP contribution is -2.45. The number of fused-ring (bicyclic) bond motifs is 1. The van der Waals surface area contributed by atoms with E-state index in [9.17, 15) is 9.90 Å². The number of para-hydroxylation sites is 1. The van der Waals surface area contributed by atoms with Gasteiger partial charge in [0, 0.05) is 5.39 Å². The number of carbonyl (C=O) groups excluding carboxylic acids is 1. The Morgan fingerprint density at radius 3 is 3.00 bits per heavy atom. The minimum Gasteiger partial charge on any atom is -0.391 e. The first-order chi connectivity index (χ1) is 9.74. The molecule has 0 bridgehead atoms. The summed E-state index contributed by atoms with van der Waals surface area (Å²) in [5.41, 5.74) is 1.33. The first kappa shape index (κ1) is 13.1. The maximum absolute atomic E-state index is 12.1. The van der Waals surface area contributed by atoms with E-state index in [4.69, 9.17) is 4.52 Å². The topological polar surface area (TPSA) is 75.4 Å². The van der Waals surface area contributed by atoms with Crippen molar-refractivity contribution < 1.29 is 14.4 Å². The van der Waals surface area contributed by atoms with E-state index in [1.54, 1.807) is 0 Å². The molecule has 0 aliphatic heterocycles. The Bertz CT molecular complexity index is 608. The molecule has 0 spiro atoms.